The van der Waals surface area contributed by atoms with Crippen LogP contribution in [0.15, 0.2) is 0 Å². The van der Waals surface area contributed by atoms with Gasteiger partial charge in [0.15, 0.2) is 0 Å². The van der Waals surface area contributed by atoms with E-state index in [0.717, 1.165) is 19.3 Å². The third-order valence-electron chi connectivity index (χ3n) is 3.41. The van der Waals surface area contributed by atoms with Crippen LogP contribution in [0, 0.1) is 5.92 Å². The minimum atomic E-state index is -0.307. The maximum absolute atomic E-state index is 12.0. The fourth-order valence-electron chi connectivity index (χ4n) is 2.39. The van der Waals surface area contributed by atoms with Crippen LogP contribution in [-0.2, 0) is 9.53 Å². The van der Waals surface area contributed by atoms with Crippen LogP contribution >= 0.6 is 0 Å². The zero-order chi connectivity index (χ0) is 11.1. The number of carbonyl (C=O) groups excluding carboxylic acids is 1. The van der Waals surface area contributed by atoms with E-state index >= 15 is 0 Å². The van der Waals surface area contributed by atoms with Crippen LogP contribution in [0.5, 0.6) is 0 Å². The Morgan fingerprint density at radius 1 is 1.53 bits per heavy atom. The molecule has 3 N–H and O–H groups in total. The standard InChI is InChI=1S/C11H20N2O2/c1-11(2,6-12)13-10(14)8-5-7-3-4-9(8)15-7/h7-9H,3-6,12H2,1-2H3,(H,13,14). The summed E-state index contributed by atoms with van der Waals surface area (Å²) in [5.41, 5.74) is 5.28. The molecule has 0 aromatic rings. The molecule has 2 fully saturated rings. The first-order chi connectivity index (χ1) is 7.02. The lowest BCUT2D eigenvalue weighted by atomic mass is 9.88. The van der Waals surface area contributed by atoms with Gasteiger partial charge in [-0.05, 0) is 33.1 Å². The van der Waals surface area contributed by atoms with Gasteiger partial charge in [-0.15, -0.1) is 0 Å². The number of hydrogen-bond acceptors (Lipinski definition) is 3. The molecule has 86 valence electrons. The fraction of sp³-hybridized carbons (Fsp3) is 0.909. The molecule has 2 rings (SSSR count). The first-order valence-electron chi connectivity index (χ1n) is 5.69. The number of fused-ring (bicyclic) bond motifs is 2. The first kappa shape index (κ1) is 10.9. The van der Waals surface area contributed by atoms with Crippen LogP contribution in [0.1, 0.15) is 33.1 Å². The number of rotatable bonds is 3. The van der Waals surface area contributed by atoms with Gasteiger partial charge in [-0.25, -0.2) is 0 Å². The Bertz CT molecular complexity index is 265. The summed E-state index contributed by atoms with van der Waals surface area (Å²) in [6.45, 7) is 4.35. The molecule has 4 heteroatoms. The number of hydrogen-bond donors (Lipinski definition) is 2. The zero-order valence-corrected chi connectivity index (χ0v) is 9.45. The summed E-state index contributed by atoms with van der Waals surface area (Å²) in [5.74, 6) is 0.159. The van der Waals surface area contributed by atoms with E-state index in [1.165, 1.54) is 0 Å². The van der Waals surface area contributed by atoms with Crippen molar-refractivity contribution in [2.45, 2.75) is 50.9 Å². The van der Waals surface area contributed by atoms with Gasteiger partial charge in [-0.2, -0.15) is 0 Å². The van der Waals surface area contributed by atoms with Crippen LogP contribution in [0.4, 0.5) is 0 Å². The van der Waals surface area contributed by atoms with E-state index in [-0.39, 0.29) is 23.5 Å². The van der Waals surface area contributed by atoms with Crippen LogP contribution in [0.25, 0.3) is 0 Å². The third-order valence-corrected chi connectivity index (χ3v) is 3.41. The number of ether oxygens (including phenoxy) is 1. The van der Waals surface area contributed by atoms with Gasteiger partial charge in [0.05, 0.1) is 18.1 Å². The van der Waals surface area contributed by atoms with Gasteiger partial charge in [0.25, 0.3) is 0 Å². The molecule has 15 heavy (non-hydrogen) atoms. The summed E-state index contributed by atoms with van der Waals surface area (Å²) in [5, 5.41) is 2.99. The predicted octanol–water partition coefficient (Wildman–Crippen LogP) is 0.407. The van der Waals surface area contributed by atoms with Gasteiger partial charge in [0, 0.05) is 12.1 Å². The number of carbonyl (C=O) groups is 1. The molecule has 2 aliphatic rings. The van der Waals surface area contributed by atoms with Crippen molar-refractivity contribution in [2.75, 3.05) is 6.54 Å². The lowest BCUT2D eigenvalue weighted by Crippen LogP contribution is -2.52. The highest BCUT2D eigenvalue weighted by Gasteiger charge is 2.45. The number of nitrogens with one attached hydrogen (secondary N) is 1. The van der Waals surface area contributed by atoms with Crippen LogP contribution in [0.2, 0.25) is 0 Å². The van der Waals surface area contributed by atoms with E-state index < -0.39 is 0 Å². The molecule has 0 aliphatic carbocycles. The SMILES string of the molecule is CC(C)(CN)NC(=O)C1CC2CCC1O2. The van der Waals surface area contributed by atoms with E-state index in [4.69, 9.17) is 10.5 Å². The summed E-state index contributed by atoms with van der Waals surface area (Å²) < 4.78 is 5.66. The molecule has 2 saturated heterocycles. The minimum absolute atomic E-state index is 0.0505. The molecule has 2 bridgehead atoms. The highest BCUT2D eigenvalue weighted by atomic mass is 16.5. The molecule has 0 aromatic heterocycles. The maximum atomic E-state index is 12.0. The second-order valence-electron chi connectivity index (χ2n) is 5.29. The van der Waals surface area contributed by atoms with Crippen molar-refractivity contribution in [3.8, 4) is 0 Å². The van der Waals surface area contributed by atoms with Crippen molar-refractivity contribution >= 4 is 5.91 Å². The van der Waals surface area contributed by atoms with Crippen LogP contribution in [0.3, 0.4) is 0 Å². The summed E-state index contributed by atoms with van der Waals surface area (Å²) >= 11 is 0. The van der Waals surface area contributed by atoms with Crippen molar-refractivity contribution in [3.05, 3.63) is 0 Å². The average Bonchev–Trinajstić information content (AvgIpc) is 2.78. The summed E-state index contributed by atoms with van der Waals surface area (Å²) in [6.07, 6.45) is 3.52. The Labute approximate surface area is 90.5 Å². The molecule has 0 saturated carbocycles. The van der Waals surface area contributed by atoms with Crippen molar-refractivity contribution in [1.82, 2.24) is 5.32 Å². The second-order valence-corrected chi connectivity index (χ2v) is 5.29. The molecule has 3 atom stereocenters. The first-order valence-corrected chi connectivity index (χ1v) is 5.69. The number of nitrogens with two attached hydrogens (primary N) is 1. The van der Waals surface area contributed by atoms with Gasteiger partial charge < -0.3 is 15.8 Å². The smallest absolute Gasteiger partial charge is 0.226 e. The molecule has 2 heterocycles. The summed E-state index contributed by atoms with van der Waals surface area (Å²) in [6, 6.07) is 0. The predicted molar refractivity (Wildman–Crippen MR) is 57.3 cm³/mol. The summed E-state index contributed by atoms with van der Waals surface area (Å²) in [7, 11) is 0. The van der Waals surface area contributed by atoms with Gasteiger partial charge in [-0.1, -0.05) is 0 Å². The van der Waals surface area contributed by atoms with E-state index in [1.54, 1.807) is 0 Å². The van der Waals surface area contributed by atoms with Crippen molar-refractivity contribution < 1.29 is 9.53 Å². The van der Waals surface area contributed by atoms with Gasteiger partial charge in [-0.3, -0.25) is 4.79 Å². The lowest BCUT2D eigenvalue weighted by molar-refractivity contribution is -0.128. The lowest BCUT2D eigenvalue weighted by Gasteiger charge is -2.27. The van der Waals surface area contributed by atoms with Crippen molar-refractivity contribution in [3.63, 3.8) is 0 Å². The topological polar surface area (TPSA) is 64.3 Å². The fourth-order valence-corrected chi connectivity index (χ4v) is 2.39. The highest BCUT2D eigenvalue weighted by Crippen LogP contribution is 2.38. The quantitative estimate of drug-likeness (QED) is 0.712. The minimum Gasteiger partial charge on any atom is -0.374 e. The van der Waals surface area contributed by atoms with Gasteiger partial charge in [0.2, 0.25) is 5.91 Å². The molecule has 0 radical (unpaired) electrons. The molecule has 0 spiro atoms. The normalized spacial score (nSPS) is 34.5. The Morgan fingerprint density at radius 3 is 2.73 bits per heavy atom. The Morgan fingerprint density at radius 2 is 2.27 bits per heavy atom. The largest absolute Gasteiger partial charge is 0.374 e. The molecule has 0 aromatic carbocycles. The van der Waals surface area contributed by atoms with Gasteiger partial charge >= 0.3 is 0 Å². The Kier molecular flexibility index (Phi) is 2.73. The molecule has 4 nitrogen and oxygen atoms in total. The maximum Gasteiger partial charge on any atom is 0.226 e. The Hall–Kier alpha value is -0.610. The van der Waals surface area contributed by atoms with E-state index in [0.29, 0.717) is 12.6 Å². The van der Waals surface area contributed by atoms with E-state index in [2.05, 4.69) is 5.32 Å². The molecule has 2 aliphatic heterocycles. The number of amides is 1. The van der Waals surface area contributed by atoms with Crippen LogP contribution < -0.4 is 11.1 Å². The second kappa shape index (κ2) is 3.76. The zero-order valence-electron chi connectivity index (χ0n) is 9.45. The molecular formula is C11H20N2O2. The summed E-state index contributed by atoms with van der Waals surface area (Å²) in [4.78, 5) is 12.0. The molecule has 1 amide bonds. The average molecular weight is 212 g/mol. The van der Waals surface area contributed by atoms with Crippen molar-refractivity contribution in [1.29, 1.82) is 0 Å². The highest BCUT2D eigenvalue weighted by molar-refractivity contribution is 5.80. The van der Waals surface area contributed by atoms with Gasteiger partial charge in [0.1, 0.15) is 0 Å². The Balaban J connectivity index is 1.92. The molecular weight excluding hydrogens is 192 g/mol. The van der Waals surface area contributed by atoms with Crippen LogP contribution in [-0.4, -0.2) is 30.2 Å². The molecule has 3 unspecified atom stereocenters. The monoisotopic (exact) mass is 212 g/mol. The van der Waals surface area contributed by atoms with E-state index in [1.807, 2.05) is 13.8 Å². The van der Waals surface area contributed by atoms with Crippen molar-refractivity contribution in [2.24, 2.45) is 11.7 Å². The third kappa shape index (κ3) is 2.16. The van der Waals surface area contributed by atoms with E-state index in [9.17, 15) is 4.79 Å².